The molecule has 0 aliphatic heterocycles. The summed E-state index contributed by atoms with van der Waals surface area (Å²) in [5, 5.41) is 3.89. The summed E-state index contributed by atoms with van der Waals surface area (Å²) in [6.45, 7) is 3.46. The van der Waals surface area contributed by atoms with Crippen molar-refractivity contribution in [2.24, 2.45) is 0 Å². The summed E-state index contributed by atoms with van der Waals surface area (Å²) in [5.41, 5.74) is 1.58. The quantitative estimate of drug-likeness (QED) is 0.316. The zero-order valence-corrected chi connectivity index (χ0v) is 24.5. The van der Waals surface area contributed by atoms with Crippen LogP contribution < -0.4 is 5.32 Å². The molecule has 2 atom stereocenters. The molecular weight excluding hydrogens is 557 g/mol. The number of nitrogens with one attached hydrogen (secondary N) is 1. The molecule has 1 N–H and O–H groups in total. The molecule has 0 spiro atoms. The van der Waals surface area contributed by atoms with Crippen molar-refractivity contribution in [2.75, 3.05) is 13.6 Å². The fourth-order valence-electron chi connectivity index (χ4n) is 3.98. The first-order valence-corrected chi connectivity index (χ1v) is 14.8. The first-order chi connectivity index (χ1) is 18.5. The molecule has 0 aromatic heterocycles. The molecule has 0 saturated carbocycles. The topological polar surface area (TPSA) is 86.8 Å². The Morgan fingerprint density at radius 2 is 1.54 bits per heavy atom. The summed E-state index contributed by atoms with van der Waals surface area (Å²) in [6, 6.07) is 21.2. The number of hydrogen-bond acceptors (Lipinski definition) is 4. The van der Waals surface area contributed by atoms with Gasteiger partial charge in [-0.25, -0.2) is 8.42 Å². The van der Waals surface area contributed by atoms with Crippen LogP contribution in [-0.4, -0.2) is 55.1 Å². The first kappa shape index (κ1) is 30.6. The zero-order valence-electron chi connectivity index (χ0n) is 22.2. The molecule has 0 fully saturated rings. The van der Waals surface area contributed by atoms with Gasteiger partial charge in [-0.2, -0.15) is 4.31 Å². The maximum Gasteiger partial charge on any atom is 0.243 e. The Kier molecular flexibility index (Phi) is 10.9. The molecule has 7 nitrogen and oxygen atoms in total. The summed E-state index contributed by atoms with van der Waals surface area (Å²) < 4.78 is 27.4. The maximum absolute atomic E-state index is 13.9. The maximum atomic E-state index is 13.9. The molecule has 0 radical (unpaired) electrons. The molecule has 2 amide bonds. The van der Waals surface area contributed by atoms with Crippen molar-refractivity contribution in [3.05, 3.63) is 100 Å². The Labute approximate surface area is 240 Å². The van der Waals surface area contributed by atoms with Crippen LogP contribution in [0.5, 0.6) is 0 Å². The Morgan fingerprint density at radius 1 is 0.897 bits per heavy atom. The van der Waals surface area contributed by atoms with Crippen molar-refractivity contribution < 1.29 is 18.0 Å². The molecule has 3 aromatic carbocycles. The van der Waals surface area contributed by atoms with Crippen LogP contribution >= 0.6 is 23.2 Å². The third-order valence-electron chi connectivity index (χ3n) is 6.39. The van der Waals surface area contributed by atoms with E-state index in [1.54, 1.807) is 18.2 Å². The lowest BCUT2D eigenvalue weighted by Crippen LogP contribution is -2.54. The standard InChI is InChI=1S/C29H33Cl2N3O4S/c1-4-21(2)32-29(36)27(18-22-9-6-5-7-10-22)34(19-23-11-8-12-25(31)17-23)28(35)20-33(3)39(37,38)26-15-13-24(30)14-16-26/h5-17,21,27H,4,18-20H2,1-3H3,(H,32,36)/t21-,27-/m0/s1. The smallest absolute Gasteiger partial charge is 0.243 e. The predicted molar refractivity (Wildman–Crippen MR) is 155 cm³/mol. The number of sulfonamides is 1. The monoisotopic (exact) mass is 589 g/mol. The number of carbonyl (C=O) groups excluding carboxylic acids is 2. The molecule has 208 valence electrons. The highest BCUT2D eigenvalue weighted by Gasteiger charge is 2.33. The van der Waals surface area contributed by atoms with Gasteiger partial charge >= 0.3 is 0 Å². The Bertz CT molecular complexity index is 1370. The molecule has 10 heteroatoms. The lowest BCUT2D eigenvalue weighted by atomic mass is 10.0. The second-order valence-corrected chi connectivity index (χ2v) is 12.3. The van der Waals surface area contributed by atoms with E-state index < -0.39 is 28.5 Å². The van der Waals surface area contributed by atoms with Crippen LogP contribution in [0.25, 0.3) is 0 Å². The molecule has 39 heavy (non-hydrogen) atoms. The van der Waals surface area contributed by atoms with Crippen LogP contribution in [0.15, 0.2) is 83.8 Å². The summed E-state index contributed by atoms with van der Waals surface area (Å²) in [5.74, 6) is -0.831. The van der Waals surface area contributed by atoms with Crippen molar-refractivity contribution in [3.8, 4) is 0 Å². The van der Waals surface area contributed by atoms with Gasteiger partial charge in [0.1, 0.15) is 6.04 Å². The molecule has 0 aliphatic rings. The third kappa shape index (κ3) is 8.54. The van der Waals surface area contributed by atoms with E-state index in [-0.39, 0.29) is 29.8 Å². The number of halogens is 2. The van der Waals surface area contributed by atoms with Crippen molar-refractivity contribution in [1.82, 2.24) is 14.5 Å². The first-order valence-electron chi connectivity index (χ1n) is 12.6. The van der Waals surface area contributed by atoms with Gasteiger partial charge in [0.25, 0.3) is 0 Å². The normalized spacial score (nSPS) is 13.1. The number of rotatable bonds is 12. The number of benzene rings is 3. The Balaban J connectivity index is 1.98. The van der Waals surface area contributed by atoms with Crippen molar-refractivity contribution in [3.63, 3.8) is 0 Å². The minimum Gasteiger partial charge on any atom is -0.352 e. The van der Waals surface area contributed by atoms with Gasteiger partial charge in [0, 0.05) is 36.1 Å². The van der Waals surface area contributed by atoms with Crippen LogP contribution in [-0.2, 0) is 32.6 Å². The van der Waals surface area contributed by atoms with Gasteiger partial charge in [0.15, 0.2) is 0 Å². The lowest BCUT2D eigenvalue weighted by molar-refractivity contribution is -0.141. The molecule has 0 unspecified atom stereocenters. The SMILES string of the molecule is CC[C@H](C)NC(=O)[C@H](Cc1ccccc1)N(Cc1cccc(Cl)c1)C(=O)CN(C)S(=O)(=O)c1ccc(Cl)cc1. The Morgan fingerprint density at radius 3 is 2.15 bits per heavy atom. The summed E-state index contributed by atoms with van der Waals surface area (Å²) in [7, 11) is -2.65. The molecule has 0 bridgehead atoms. The largest absolute Gasteiger partial charge is 0.352 e. The summed E-state index contributed by atoms with van der Waals surface area (Å²) >= 11 is 12.1. The molecule has 0 aliphatic carbocycles. The van der Waals surface area contributed by atoms with Crippen LogP contribution in [0.3, 0.4) is 0 Å². The second kappa shape index (κ2) is 13.9. The fraction of sp³-hybridized carbons (Fsp3) is 0.310. The second-order valence-electron chi connectivity index (χ2n) is 9.39. The summed E-state index contributed by atoms with van der Waals surface area (Å²) in [4.78, 5) is 28.9. The molecule has 0 heterocycles. The van der Waals surface area contributed by atoms with Gasteiger partial charge in [0.2, 0.25) is 21.8 Å². The molecule has 3 aromatic rings. The highest BCUT2D eigenvalue weighted by atomic mass is 35.5. The Hall–Kier alpha value is -2.91. The number of likely N-dealkylation sites (N-methyl/N-ethyl adjacent to an activating group) is 1. The van der Waals surface area contributed by atoms with Crippen LogP contribution in [0, 0.1) is 0 Å². The van der Waals surface area contributed by atoms with Gasteiger partial charge in [-0.05, 0) is 60.9 Å². The molecule has 3 rings (SSSR count). The predicted octanol–water partition coefficient (Wildman–Crippen LogP) is 5.17. The number of amides is 2. The van der Waals surface area contributed by atoms with Crippen molar-refractivity contribution in [2.45, 2.75) is 50.2 Å². The van der Waals surface area contributed by atoms with Crippen LogP contribution in [0.4, 0.5) is 0 Å². The van der Waals surface area contributed by atoms with E-state index in [2.05, 4.69) is 5.32 Å². The number of carbonyl (C=O) groups is 2. The van der Waals surface area contributed by atoms with Gasteiger partial charge in [-0.3, -0.25) is 9.59 Å². The van der Waals surface area contributed by atoms with Gasteiger partial charge in [-0.15, -0.1) is 0 Å². The van der Waals surface area contributed by atoms with Gasteiger partial charge < -0.3 is 10.2 Å². The molecular formula is C29H33Cl2N3O4S. The number of nitrogens with zero attached hydrogens (tertiary/aromatic N) is 2. The lowest BCUT2D eigenvalue weighted by Gasteiger charge is -2.33. The van der Waals surface area contributed by atoms with Crippen LogP contribution in [0.1, 0.15) is 31.4 Å². The summed E-state index contributed by atoms with van der Waals surface area (Å²) in [6.07, 6.45) is 0.969. The highest BCUT2D eigenvalue weighted by molar-refractivity contribution is 7.89. The molecule has 0 saturated heterocycles. The van der Waals surface area contributed by atoms with E-state index >= 15 is 0 Å². The van der Waals surface area contributed by atoms with E-state index in [9.17, 15) is 18.0 Å². The fourth-order valence-corrected chi connectivity index (χ4v) is 5.44. The van der Waals surface area contributed by atoms with Gasteiger partial charge in [-0.1, -0.05) is 72.6 Å². The van der Waals surface area contributed by atoms with Gasteiger partial charge in [0.05, 0.1) is 11.4 Å². The zero-order chi connectivity index (χ0) is 28.6. The highest BCUT2D eigenvalue weighted by Crippen LogP contribution is 2.21. The van der Waals surface area contributed by atoms with Crippen molar-refractivity contribution in [1.29, 1.82) is 0 Å². The van der Waals surface area contributed by atoms with E-state index in [1.165, 1.54) is 36.2 Å². The minimum absolute atomic E-state index is 0.0129. The van der Waals surface area contributed by atoms with E-state index in [1.807, 2.05) is 50.2 Å². The van der Waals surface area contributed by atoms with E-state index in [0.29, 0.717) is 22.0 Å². The number of hydrogen-bond donors (Lipinski definition) is 1. The third-order valence-corrected chi connectivity index (χ3v) is 8.70. The van der Waals surface area contributed by atoms with Crippen molar-refractivity contribution >= 4 is 45.0 Å². The average Bonchev–Trinajstić information content (AvgIpc) is 2.91. The average molecular weight is 591 g/mol. The minimum atomic E-state index is -3.99. The van der Waals surface area contributed by atoms with E-state index in [0.717, 1.165) is 9.87 Å². The van der Waals surface area contributed by atoms with Crippen LogP contribution in [0.2, 0.25) is 10.0 Å². The van der Waals surface area contributed by atoms with E-state index in [4.69, 9.17) is 23.2 Å².